The van der Waals surface area contributed by atoms with E-state index >= 15 is 0 Å². The second kappa shape index (κ2) is 8.38. The Kier molecular flexibility index (Phi) is 6.50. The summed E-state index contributed by atoms with van der Waals surface area (Å²) in [6, 6.07) is 13.2. The van der Waals surface area contributed by atoms with Crippen LogP contribution in [-0.2, 0) is 6.54 Å². The van der Waals surface area contributed by atoms with Crippen LogP contribution in [0.1, 0.15) is 23.5 Å². The maximum absolute atomic E-state index is 4.32. The van der Waals surface area contributed by atoms with Crippen molar-refractivity contribution < 1.29 is 0 Å². The first-order valence-corrected chi connectivity index (χ1v) is 7.91. The fourth-order valence-electron chi connectivity index (χ4n) is 2.89. The minimum absolute atomic E-state index is 0. The molecule has 5 heteroatoms. The highest BCUT2D eigenvalue weighted by Gasteiger charge is 2.39. The van der Waals surface area contributed by atoms with Crippen LogP contribution in [0.15, 0.2) is 53.8 Å². The summed E-state index contributed by atoms with van der Waals surface area (Å²) in [5.74, 6) is 1.51. The molecule has 1 fully saturated rings. The van der Waals surface area contributed by atoms with E-state index in [0.717, 1.165) is 19.0 Å². The standard InChI is InChI=1S/C18H24N4.HI/c1-14-7-3-4-8-15(14)16-13-17(16)21-18(19-2)20-9-12-22-10-5-6-11-22;/h3-8,10-11,16-17H,9,12-13H2,1-2H3,(H2,19,20,21);1H. The highest BCUT2D eigenvalue weighted by Crippen LogP contribution is 2.41. The first-order valence-electron chi connectivity index (χ1n) is 7.91. The summed E-state index contributed by atoms with van der Waals surface area (Å²) in [7, 11) is 1.83. The molecule has 1 aromatic carbocycles. The second-order valence-corrected chi connectivity index (χ2v) is 5.87. The van der Waals surface area contributed by atoms with Gasteiger partial charge in [-0.3, -0.25) is 4.99 Å². The van der Waals surface area contributed by atoms with Crippen molar-refractivity contribution in [3.63, 3.8) is 0 Å². The number of benzene rings is 1. The van der Waals surface area contributed by atoms with Crippen molar-refractivity contribution >= 4 is 29.9 Å². The van der Waals surface area contributed by atoms with E-state index in [1.165, 1.54) is 17.5 Å². The number of nitrogens with zero attached hydrogens (tertiary/aromatic N) is 2. The molecule has 0 amide bonds. The van der Waals surface area contributed by atoms with Crippen molar-refractivity contribution in [1.29, 1.82) is 0 Å². The molecule has 1 heterocycles. The molecule has 1 saturated carbocycles. The third kappa shape index (κ3) is 4.73. The van der Waals surface area contributed by atoms with Crippen molar-refractivity contribution in [3.8, 4) is 0 Å². The minimum atomic E-state index is 0. The Labute approximate surface area is 155 Å². The van der Waals surface area contributed by atoms with E-state index in [9.17, 15) is 0 Å². The lowest BCUT2D eigenvalue weighted by molar-refractivity contribution is 0.663. The Morgan fingerprint density at radius 1 is 1.22 bits per heavy atom. The van der Waals surface area contributed by atoms with E-state index in [1.807, 2.05) is 19.2 Å². The number of aromatic nitrogens is 1. The van der Waals surface area contributed by atoms with Crippen LogP contribution >= 0.6 is 24.0 Å². The smallest absolute Gasteiger partial charge is 0.191 e. The highest BCUT2D eigenvalue weighted by atomic mass is 127. The van der Waals surface area contributed by atoms with Crippen LogP contribution in [0, 0.1) is 6.92 Å². The minimum Gasteiger partial charge on any atom is -0.355 e. The number of halogens is 1. The van der Waals surface area contributed by atoms with Gasteiger partial charge in [-0.1, -0.05) is 24.3 Å². The van der Waals surface area contributed by atoms with Crippen LogP contribution in [0.5, 0.6) is 0 Å². The molecule has 2 N–H and O–H groups in total. The summed E-state index contributed by atoms with van der Waals surface area (Å²) in [5.41, 5.74) is 2.84. The third-order valence-corrected chi connectivity index (χ3v) is 4.25. The van der Waals surface area contributed by atoms with E-state index in [4.69, 9.17) is 0 Å². The van der Waals surface area contributed by atoms with Gasteiger partial charge in [0.2, 0.25) is 0 Å². The molecule has 2 unspecified atom stereocenters. The van der Waals surface area contributed by atoms with Crippen LogP contribution < -0.4 is 10.6 Å². The maximum atomic E-state index is 4.32. The number of aliphatic imine (C=N–C) groups is 1. The van der Waals surface area contributed by atoms with Gasteiger partial charge in [0, 0.05) is 44.5 Å². The molecular weight excluding hydrogens is 399 g/mol. The van der Waals surface area contributed by atoms with E-state index in [0.29, 0.717) is 12.0 Å². The molecule has 1 aliphatic carbocycles. The van der Waals surface area contributed by atoms with Gasteiger partial charge in [0.15, 0.2) is 5.96 Å². The number of hydrogen-bond acceptors (Lipinski definition) is 1. The SMILES string of the molecule is CN=C(NCCn1cccc1)NC1CC1c1ccccc1C.I. The number of hydrogen-bond donors (Lipinski definition) is 2. The summed E-state index contributed by atoms with van der Waals surface area (Å²) in [6.45, 7) is 4.00. The lowest BCUT2D eigenvalue weighted by Crippen LogP contribution is -2.40. The molecule has 0 spiro atoms. The first kappa shape index (κ1) is 17.8. The number of rotatable bonds is 5. The monoisotopic (exact) mass is 424 g/mol. The largest absolute Gasteiger partial charge is 0.355 e. The van der Waals surface area contributed by atoms with Gasteiger partial charge in [0.25, 0.3) is 0 Å². The Hall–Kier alpha value is -1.50. The van der Waals surface area contributed by atoms with Gasteiger partial charge < -0.3 is 15.2 Å². The van der Waals surface area contributed by atoms with Crippen LogP contribution in [-0.4, -0.2) is 30.2 Å². The number of nitrogens with one attached hydrogen (secondary N) is 2. The van der Waals surface area contributed by atoms with Gasteiger partial charge in [0.05, 0.1) is 0 Å². The quantitative estimate of drug-likeness (QED) is 0.440. The average Bonchev–Trinajstić information content (AvgIpc) is 3.08. The Bertz CT molecular complexity index is 636. The van der Waals surface area contributed by atoms with E-state index in [1.54, 1.807) is 0 Å². The average molecular weight is 424 g/mol. The fraction of sp³-hybridized carbons (Fsp3) is 0.389. The van der Waals surface area contributed by atoms with E-state index < -0.39 is 0 Å². The molecule has 0 bridgehead atoms. The lowest BCUT2D eigenvalue weighted by Gasteiger charge is -2.12. The van der Waals surface area contributed by atoms with Crippen molar-refractivity contribution in [2.75, 3.05) is 13.6 Å². The Morgan fingerprint density at radius 3 is 2.65 bits per heavy atom. The molecule has 1 aliphatic rings. The van der Waals surface area contributed by atoms with Gasteiger partial charge in [-0.05, 0) is 36.6 Å². The van der Waals surface area contributed by atoms with E-state index in [2.05, 4.69) is 63.8 Å². The fourth-order valence-corrected chi connectivity index (χ4v) is 2.89. The van der Waals surface area contributed by atoms with Gasteiger partial charge in [-0.2, -0.15) is 0 Å². The molecule has 23 heavy (non-hydrogen) atoms. The molecular formula is C18H25IN4. The normalized spacial score (nSPS) is 19.8. The zero-order chi connectivity index (χ0) is 15.4. The van der Waals surface area contributed by atoms with Crippen LogP contribution in [0.2, 0.25) is 0 Å². The predicted molar refractivity (Wildman–Crippen MR) is 107 cm³/mol. The zero-order valence-electron chi connectivity index (χ0n) is 13.7. The van der Waals surface area contributed by atoms with Crippen LogP contribution in [0.25, 0.3) is 0 Å². The Balaban J connectivity index is 0.00000192. The van der Waals surface area contributed by atoms with Crippen molar-refractivity contribution in [2.24, 2.45) is 4.99 Å². The molecule has 2 atom stereocenters. The summed E-state index contributed by atoms with van der Waals surface area (Å²) in [6.07, 6.45) is 5.34. The van der Waals surface area contributed by atoms with Crippen LogP contribution in [0.4, 0.5) is 0 Å². The van der Waals surface area contributed by atoms with Crippen molar-refractivity contribution in [1.82, 2.24) is 15.2 Å². The molecule has 2 aromatic rings. The molecule has 3 rings (SSSR count). The highest BCUT2D eigenvalue weighted by molar-refractivity contribution is 14.0. The molecule has 0 aliphatic heterocycles. The molecule has 4 nitrogen and oxygen atoms in total. The van der Waals surface area contributed by atoms with Crippen molar-refractivity contribution in [2.45, 2.75) is 31.8 Å². The third-order valence-electron chi connectivity index (χ3n) is 4.25. The molecule has 1 aromatic heterocycles. The van der Waals surface area contributed by atoms with Crippen molar-refractivity contribution in [3.05, 3.63) is 59.9 Å². The van der Waals surface area contributed by atoms with Crippen LogP contribution in [0.3, 0.4) is 0 Å². The molecule has 0 saturated heterocycles. The summed E-state index contributed by atoms with van der Waals surface area (Å²) < 4.78 is 2.16. The Morgan fingerprint density at radius 2 is 1.96 bits per heavy atom. The van der Waals surface area contributed by atoms with Gasteiger partial charge in [-0.15, -0.1) is 24.0 Å². The topological polar surface area (TPSA) is 41.4 Å². The predicted octanol–water partition coefficient (Wildman–Crippen LogP) is 3.14. The van der Waals surface area contributed by atoms with Gasteiger partial charge in [-0.25, -0.2) is 0 Å². The van der Waals surface area contributed by atoms with E-state index in [-0.39, 0.29) is 24.0 Å². The summed E-state index contributed by atoms with van der Waals surface area (Å²) >= 11 is 0. The van der Waals surface area contributed by atoms with Gasteiger partial charge >= 0.3 is 0 Å². The van der Waals surface area contributed by atoms with Gasteiger partial charge in [0.1, 0.15) is 0 Å². The molecule has 0 radical (unpaired) electrons. The number of guanidine groups is 1. The molecule has 124 valence electrons. The zero-order valence-corrected chi connectivity index (χ0v) is 16.0. The summed E-state index contributed by atoms with van der Waals surface area (Å²) in [4.78, 5) is 4.32. The summed E-state index contributed by atoms with van der Waals surface area (Å²) in [5, 5.41) is 6.91. The maximum Gasteiger partial charge on any atom is 0.191 e. The second-order valence-electron chi connectivity index (χ2n) is 5.87. The first-order chi connectivity index (χ1) is 10.8. The number of aryl methyl sites for hydroxylation is 1. The lowest BCUT2D eigenvalue weighted by atomic mass is 10.0.